The van der Waals surface area contributed by atoms with E-state index in [1.807, 2.05) is 74.2 Å². The van der Waals surface area contributed by atoms with Crippen LogP contribution in [0.1, 0.15) is 51.3 Å². The Balaban J connectivity index is 1.66. The van der Waals surface area contributed by atoms with Crippen molar-refractivity contribution in [1.82, 2.24) is 20.1 Å². The molecule has 1 aliphatic heterocycles. The third-order valence-corrected chi connectivity index (χ3v) is 6.15. The Bertz CT molecular complexity index is 1350. The molecule has 7 nitrogen and oxygen atoms in total. The normalized spacial score (nSPS) is 15.0. The number of benzene rings is 2. The van der Waals surface area contributed by atoms with Crippen LogP contribution in [0.25, 0.3) is 11.3 Å². The number of amides is 1. The second-order valence-corrected chi connectivity index (χ2v) is 8.54. The van der Waals surface area contributed by atoms with E-state index in [9.17, 15) is 9.90 Å². The Morgan fingerprint density at radius 2 is 1.94 bits per heavy atom. The lowest BCUT2D eigenvalue weighted by molar-refractivity contribution is 0.0730. The van der Waals surface area contributed by atoms with E-state index in [0.29, 0.717) is 30.1 Å². The van der Waals surface area contributed by atoms with E-state index in [4.69, 9.17) is 4.74 Å². The van der Waals surface area contributed by atoms with Crippen molar-refractivity contribution in [3.63, 3.8) is 0 Å². The Morgan fingerprint density at radius 3 is 2.65 bits per heavy atom. The highest BCUT2D eigenvalue weighted by molar-refractivity contribution is 6.00. The summed E-state index contributed by atoms with van der Waals surface area (Å²) >= 11 is 0. The van der Waals surface area contributed by atoms with Gasteiger partial charge in [0.15, 0.2) is 0 Å². The van der Waals surface area contributed by atoms with Gasteiger partial charge in [-0.3, -0.25) is 14.9 Å². The standard InChI is InChI=1S/C27H26N4O3/c1-4-34-20-9-7-19(8-10-20)25-22-23(21-13-16(2)12-17(3)26(21)32)29-30-24(22)27(33)31(25)15-18-6-5-11-28-14-18/h5-14,25,32H,4,15H2,1-3H3,(H,29,30). The maximum Gasteiger partial charge on any atom is 0.273 e. The topological polar surface area (TPSA) is 91.3 Å². The summed E-state index contributed by atoms with van der Waals surface area (Å²) in [7, 11) is 0. The number of aromatic hydroxyl groups is 1. The number of hydrogen-bond donors (Lipinski definition) is 2. The van der Waals surface area contributed by atoms with Gasteiger partial charge in [-0.15, -0.1) is 0 Å². The zero-order valence-electron chi connectivity index (χ0n) is 19.4. The van der Waals surface area contributed by atoms with Gasteiger partial charge in [0.05, 0.1) is 12.6 Å². The number of aromatic nitrogens is 3. The van der Waals surface area contributed by atoms with Gasteiger partial charge in [0.25, 0.3) is 5.91 Å². The Morgan fingerprint density at radius 1 is 1.15 bits per heavy atom. The quantitative estimate of drug-likeness (QED) is 0.431. The second kappa shape index (κ2) is 8.67. The molecule has 2 aromatic carbocycles. The SMILES string of the molecule is CCOc1ccc(C2c3c(-c4cc(C)cc(C)c4O)n[nH]c3C(=O)N2Cc2cccnc2)cc1. The molecular weight excluding hydrogens is 428 g/mol. The molecule has 1 unspecified atom stereocenters. The molecule has 34 heavy (non-hydrogen) atoms. The molecule has 0 saturated heterocycles. The minimum atomic E-state index is -0.382. The number of pyridine rings is 1. The molecule has 0 spiro atoms. The zero-order chi connectivity index (χ0) is 23.8. The number of aromatic amines is 1. The number of hydrogen-bond acceptors (Lipinski definition) is 5. The first-order valence-electron chi connectivity index (χ1n) is 11.3. The lowest BCUT2D eigenvalue weighted by Gasteiger charge is -2.26. The summed E-state index contributed by atoms with van der Waals surface area (Å²) in [6.07, 6.45) is 3.48. The van der Waals surface area contributed by atoms with Crippen molar-refractivity contribution in [2.45, 2.75) is 33.4 Å². The molecule has 0 radical (unpaired) electrons. The fraction of sp³-hybridized carbons (Fsp3) is 0.222. The van der Waals surface area contributed by atoms with Crippen molar-refractivity contribution in [3.8, 4) is 22.8 Å². The summed E-state index contributed by atoms with van der Waals surface area (Å²) in [5, 5.41) is 18.3. The maximum absolute atomic E-state index is 13.6. The molecule has 3 heterocycles. The van der Waals surface area contributed by atoms with Crippen molar-refractivity contribution in [3.05, 3.63) is 94.4 Å². The summed E-state index contributed by atoms with van der Waals surface area (Å²) < 4.78 is 5.62. The highest BCUT2D eigenvalue weighted by Gasteiger charge is 2.42. The van der Waals surface area contributed by atoms with Crippen LogP contribution in [0.4, 0.5) is 0 Å². The van der Waals surface area contributed by atoms with E-state index in [2.05, 4.69) is 15.2 Å². The molecule has 1 amide bonds. The highest BCUT2D eigenvalue weighted by atomic mass is 16.5. The maximum atomic E-state index is 13.6. The van der Waals surface area contributed by atoms with Gasteiger partial charge in [-0.25, -0.2) is 0 Å². The first-order chi connectivity index (χ1) is 16.5. The molecular formula is C27H26N4O3. The molecule has 7 heteroatoms. The van der Waals surface area contributed by atoms with Crippen molar-refractivity contribution < 1.29 is 14.6 Å². The summed E-state index contributed by atoms with van der Waals surface area (Å²) in [6, 6.07) is 15.1. The van der Waals surface area contributed by atoms with Crippen LogP contribution in [-0.2, 0) is 6.54 Å². The molecule has 0 bridgehead atoms. The van der Waals surface area contributed by atoms with Crippen LogP contribution < -0.4 is 4.74 Å². The summed E-state index contributed by atoms with van der Waals surface area (Å²) in [5.74, 6) is 0.804. The fourth-order valence-electron chi connectivity index (χ4n) is 4.65. The van der Waals surface area contributed by atoms with E-state index in [1.54, 1.807) is 12.4 Å². The predicted octanol–water partition coefficient (Wildman–Crippen LogP) is 4.94. The van der Waals surface area contributed by atoms with Gasteiger partial charge in [-0.05, 0) is 67.3 Å². The van der Waals surface area contributed by atoms with Crippen molar-refractivity contribution >= 4 is 5.91 Å². The van der Waals surface area contributed by atoms with Crippen LogP contribution in [0.2, 0.25) is 0 Å². The number of nitrogens with one attached hydrogen (secondary N) is 1. The predicted molar refractivity (Wildman–Crippen MR) is 129 cm³/mol. The molecule has 0 fully saturated rings. The molecule has 0 saturated carbocycles. The zero-order valence-corrected chi connectivity index (χ0v) is 19.4. The Labute approximate surface area is 198 Å². The van der Waals surface area contributed by atoms with E-state index in [1.165, 1.54) is 0 Å². The Hall–Kier alpha value is -4.13. The number of fused-ring (bicyclic) bond motifs is 1. The van der Waals surface area contributed by atoms with Crippen LogP contribution in [0.5, 0.6) is 11.5 Å². The lowest BCUT2D eigenvalue weighted by atomic mass is 9.94. The van der Waals surface area contributed by atoms with Crippen LogP contribution in [0.3, 0.4) is 0 Å². The third kappa shape index (κ3) is 3.69. The minimum Gasteiger partial charge on any atom is -0.507 e. The van der Waals surface area contributed by atoms with Gasteiger partial charge >= 0.3 is 0 Å². The first-order valence-corrected chi connectivity index (χ1v) is 11.3. The molecule has 172 valence electrons. The summed E-state index contributed by atoms with van der Waals surface area (Å²) in [5.41, 5.74) is 6.04. The van der Waals surface area contributed by atoms with E-state index in [-0.39, 0.29) is 17.7 Å². The average molecular weight is 455 g/mol. The Kier molecular flexibility index (Phi) is 5.53. The molecule has 5 rings (SSSR count). The van der Waals surface area contributed by atoms with E-state index >= 15 is 0 Å². The number of carbonyl (C=O) groups excluding carboxylic acids is 1. The van der Waals surface area contributed by atoms with Crippen molar-refractivity contribution in [2.24, 2.45) is 0 Å². The average Bonchev–Trinajstić information content (AvgIpc) is 3.37. The molecule has 2 aromatic heterocycles. The van der Waals surface area contributed by atoms with Crippen molar-refractivity contribution in [2.75, 3.05) is 6.61 Å². The van der Waals surface area contributed by atoms with Crippen molar-refractivity contribution in [1.29, 1.82) is 0 Å². The summed E-state index contributed by atoms with van der Waals surface area (Å²) in [6.45, 7) is 6.76. The van der Waals surface area contributed by atoms with Crippen LogP contribution in [-0.4, -0.2) is 37.7 Å². The van der Waals surface area contributed by atoms with Gasteiger partial charge in [-0.2, -0.15) is 5.10 Å². The van der Waals surface area contributed by atoms with Crippen LogP contribution in [0, 0.1) is 13.8 Å². The number of ether oxygens (including phenoxy) is 1. The van der Waals surface area contributed by atoms with Gasteiger partial charge in [0, 0.05) is 30.1 Å². The van der Waals surface area contributed by atoms with Gasteiger partial charge in [0.1, 0.15) is 22.9 Å². The smallest absolute Gasteiger partial charge is 0.273 e. The second-order valence-electron chi connectivity index (χ2n) is 8.54. The van der Waals surface area contributed by atoms with Crippen LogP contribution >= 0.6 is 0 Å². The van der Waals surface area contributed by atoms with Gasteiger partial charge in [0.2, 0.25) is 0 Å². The van der Waals surface area contributed by atoms with E-state index < -0.39 is 0 Å². The van der Waals surface area contributed by atoms with Gasteiger partial charge < -0.3 is 14.7 Å². The fourth-order valence-corrected chi connectivity index (χ4v) is 4.65. The number of rotatable bonds is 6. The third-order valence-electron chi connectivity index (χ3n) is 6.15. The van der Waals surface area contributed by atoms with Gasteiger partial charge in [-0.1, -0.05) is 24.3 Å². The lowest BCUT2D eigenvalue weighted by Crippen LogP contribution is -2.29. The number of carbonyl (C=O) groups is 1. The largest absolute Gasteiger partial charge is 0.507 e. The molecule has 1 atom stereocenters. The monoisotopic (exact) mass is 454 g/mol. The molecule has 1 aliphatic rings. The first kappa shape index (κ1) is 21.7. The van der Waals surface area contributed by atoms with E-state index in [0.717, 1.165) is 33.6 Å². The summed E-state index contributed by atoms with van der Waals surface area (Å²) in [4.78, 5) is 19.6. The van der Waals surface area contributed by atoms with Crippen LogP contribution in [0.15, 0.2) is 60.9 Å². The molecule has 2 N–H and O–H groups in total. The number of phenols is 1. The highest BCUT2D eigenvalue weighted by Crippen LogP contribution is 2.46. The molecule has 0 aliphatic carbocycles. The number of H-pyrrole nitrogens is 1. The molecule has 4 aromatic rings. The number of nitrogens with zero attached hydrogens (tertiary/aromatic N) is 3. The minimum absolute atomic E-state index is 0.139. The number of aryl methyl sites for hydroxylation is 2. The number of phenolic OH excluding ortho intramolecular Hbond substituents is 1.